The predicted molar refractivity (Wildman–Crippen MR) is 93.0 cm³/mol. The summed E-state index contributed by atoms with van der Waals surface area (Å²) in [6.45, 7) is 6.25. The van der Waals surface area contributed by atoms with E-state index in [0.29, 0.717) is 6.61 Å². The van der Waals surface area contributed by atoms with Crippen molar-refractivity contribution in [1.82, 2.24) is 9.80 Å². The molecule has 2 N–H and O–H groups in total. The second-order valence-corrected chi connectivity index (χ2v) is 5.20. The number of hydrogen-bond donors (Lipinski definition) is 2. The lowest BCUT2D eigenvalue weighted by atomic mass is 10.3. The fourth-order valence-corrected chi connectivity index (χ4v) is 0.734. The molecule has 0 aliphatic carbocycles. The third kappa shape index (κ3) is 25.0. The molecule has 0 aromatic carbocycles. The van der Waals surface area contributed by atoms with Gasteiger partial charge in [0.15, 0.2) is 0 Å². The van der Waals surface area contributed by atoms with Crippen LogP contribution in [0.4, 0.5) is 0 Å². The van der Waals surface area contributed by atoms with E-state index in [0.717, 1.165) is 6.54 Å². The molecule has 0 saturated heterocycles. The van der Waals surface area contributed by atoms with Crippen molar-refractivity contribution in [2.75, 3.05) is 41.3 Å². The molecule has 0 rings (SSSR count). The summed E-state index contributed by atoms with van der Waals surface area (Å²) in [5.74, 6) is -1.80. The van der Waals surface area contributed by atoms with Gasteiger partial charge in [-0.25, -0.2) is 4.79 Å². The Morgan fingerprint density at radius 1 is 1.12 bits per heavy atom. The Morgan fingerprint density at radius 3 is 1.79 bits per heavy atom. The van der Waals surface area contributed by atoms with E-state index in [1.807, 2.05) is 19.0 Å². The van der Waals surface area contributed by atoms with Crippen molar-refractivity contribution >= 4 is 17.9 Å². The zero-order valence-corrected chi connectivity index (χ0v) is 15.8. The number of rotatable bonds is 7. The van der Waals surface area contributed by atoms with Crippen molar-refractivity contribution in [3.05, 3.63) is 12.2 Å². The maximum atomic E-state index is 10.7. The van der Waals surface area contributed by atoms with Gasteiger partial charge in [0.2, 0.25) is 0 Å². The number of nitrogens with zero attached hydrogens (tertiary/aromatic N) is 2. The molecule has 0 fully saturated rings. The smallest absolute Gasteiger partial charge is 0.330 e. The standard InChI is InChI=1S/C8H15NO2.C5H11NO2.C3H6O2/c1-4-5-8(10)11-7-6-9(2)3;1-4(5(7)8)6(2)3;1-2-3(4)5/h4-5H,6-7H2,1-3H3;4H,1-3H3,(H,7,8);2H2,1H3,(H,4,5). The Bertz CT molecular complexity index is 381. The van der Waals surface area contributed by atoms with Crippen molar-refractivity contribution in [3.63, 3.8) is 0 Å². The number of carbonyl (C=O) groups is 3. The largest absolute Gasteiger partial charge is 0.481 e. The van der Waals surface area contributed by atoms with E-state index in [4.69, 9.17) is 14.9 Å². The van der Waals surface area contributed by atoms with Gasteiger partial charge < -0.3 is 19.8 Å². The molecular formula is C16H32N2O6. The van der Waals surface area contributed by atoms with Gasteiger partial charge in [0.05, 0.1) is 0 Å². The van der Waals surface area contributed by atoms with Crippen LogP contribution in [0.5, 0.6) is 0 Å². The summed E-state index contributed by atoms with van der Waals surface area (Å²) < 4.78 is 4.83. The Hall–Kier alpha value is -1.93. The molecule has 8 nitrogen and oxygen atoms in total. The van der Waals surface area contributed by atoms with Crippen molar-refractivity contribution in [2.24, 2.45) is 0 Å². The number of likely N-dealkylation sites (N-methyl/N-ethyl adjacent to an activating group) is 2. The fraction of sp³-hybridized carbons (Fsp3) is 0.688. The van der Waals surface area contributed by atoms with Gasteiger partial charge in [-0.15, -0.1) is 0 Å². The molecule has 0 aromatic heterocycles. The highest BCUT2D eigenvalue weighted by Gasteiger charge is 2.11. The van der Waals surface area contributed by atoms with E-state index in [2.05, 4.69) is 0 Å². The van der Waals surface area contributed by atoms with Gasteiger partial charge in [0, 0.05) is 19.0 Å². The van der Waals surface area contributed by atoms with Crippen molar-refractivity contribution in [3.8, 4) is 0 Å². The van der Waals surface area contributed by atoms with Gasteiger partial charge in [-0.3, -0.25) is 14.5 Å². The second-order valence-electron chi connectivity index (χ2n) is 5.20. The number of esters is 1. The summed E-state index contributed by atoms with van der Waals surface area (Å²) in [7, 11) is 7.34. The quantitative estimate of drug-likeness (QED) is 0.521. The molecule has 0 aliphatic rings. The van der Waals surface area contributed by atoms with Crippen LogP contribution in [0.15, 0.2) is 12.2 Å². The van der Waals surface area contributed by atoms with Crippen LogP contribution in [0.2, 0.25) is 0 Å². The summed E-state index contributed by atoms with van der Waals surface area (Å²) in [6, 6.07) is -0.380. The Labute approximate surface area is 144 Å². The second kappa shape index (κ2) is 17.4. The topological polar surface area (TPSA) is 107 Å². The van der Waals surface area contributed by atoms with Crippen LogP contribution >= 0.6 is 0 Å². The molecule has 0 radical (unpaired) electrons. The minimum Gasteiger partial charge on any atom is -0.481 e. The fourth-order valence-electron chi connectivity index (χ4n) is 0.734. The average Bonchev–Trinajstić information content (AvgIpc) is 2.47. The maximum absolute atomic E-state index is 10.7. The molecule has 0 amide bonds. The van der Waals surface area contributed by atoms with Crippen LogP contribution in [0.3, 0.4) is 0 Å². The highest BCUT2D eigenvalue weighted by molar-refractivity contribution is 5.81. The summed E-state index contributed by atoms with van der Waals surface area (Å²) in [5, 5.41) is 16.0. The first-order chi connectivity index (χ1) is 11.0. The molecule has 1 atom stereocenters. The lowest BCUT2D eigenvalue weighted by molar-refractivity contribution is -0.141. The highest BCUT2D eigenvalue weighted by atomic mass is 16.5. The number of carbonyl (C=O) groups excluding carboxylic acids is 1. The van der Waals surface area contributed by atoms with E-state index in [9.17, 15) is 14.4 Å². The van der Waals surface area contributed by atoms with E-state index >= 15 is 0 Å². The molecular weight excluding hydrogens is 316 g/mol. The average molecular weight is 348 g/mol. The van der Waals surface area contributed by atoms with Crippen LogP contribution in [-0.4, -0.2) is 85.3 Å². The molecule has 1 unspecified atom stereocenters. The minimum atomic E-state index is -0.782. The van der Waals surface area contributed by atoms with Crippen LogP contribution in [-0.2, 0) is 19.1 Å². The Balaban J connectivity index is -0.000000298. The molecule has 0 aliphatic heterocycles. The molecule has 8 heteroatoms. The van der Waals surface area contributed by atoms with E-state index in [1.54, 1.807) is 45.8 Å². The molecule has 24 heavy (non-hydrogen) atoms. The summed E-state index contributed by atoms with van der Waals surface area (Å²) >= 11 is 0. The van der Waals surface area contributed by atoms with Gasteiger partial charge in [-0.05, 0) is 42.0 Å². The first kappa shape index (κ1) is 26.9. The van der Waals surface area contributed by atoms with E-state index < -0.39 is 11.9 Å². The van der Waals surface area contributed by atoms with Crippen molar-refractivity contribution in [1.29, 1.82) is 0 Å². The predicted octanol–water partition coefficient (Wildman–Crippen LogP) is 1.17. The van der Waals surface area contributed by atoms with Gasteiger partial charge in [-0.1, -0.05) is 13.0 Å². The number of allylic oxidation sites excluding steroid dienone is 1. The summed E-state index contributed by atoms with van der Waals surface area (Å²) in [4.78, 5) is 33.8. The zero-order valence-electron chi connectivity index (χ0n) is 15.8. The summed E-state index contributed by atoms with van der Waals surface area (Å²) in [5.41, 5.74) is 0. The third-order valence-corrected chi connectivity index (χ3v) is 2.52. The van der Waals surface area contributed by atoms with Crippen LogP contribution in [0, 0.1) is 0 Å². The van der Waals surface area contributed by atoms with E-state index in [-0.39, 0.29) is 18.4 Å². The van der Waals surface area contributed by atoms with Crippen LogP contribution in [0.25, 0.3) is 0 Å². The lowest BCUT2D eigenvalue weighted by Gasteiger charge is -2.13. The number of carboxylic acids is 2. The number of aliphatic carboxylic acids is 2. The van der Waals surface area contributed by atoms with Gasteiger partial charge in [0.1, 0.15) is 12.6 Å². The number of hydrogen-bond acceptors (Lipinski definition) is 6. The summed E-state index contributed by atoms with van der Waals surface area (Å²) in [6.07, 6.45) is 3.30. The Kier molecular flexibility index (Phi) is 19.6. The zero-order chi connectivity index (χ0) is 19.7. The molecule has 0 heterocycles. The lowest BCUT2D eigenvalue weighted by Crippen LogP contribution is -2.32. The Morgan fingerprint density at radius 2 is 1.58 bits per heavy atom. The van der Waals surface area contributed by atoms with Crippen molar-refractivity contribution in [2.45, 2.75) is 33.2 Å². The first-order valence-electron chi connectivity index (χ1n) is 7.54. The molecule has 0 bridgehead atoms. The van der Waals surface area contributed by atoms with Crippen LogP contribution in [0.1, 0.15) is 27.2 Å². The molecule has 0 aromatic rings. The van der Waals surface area contributed by atoms with Gasteiger partial charge in [-0.2, -0.15) is 0 Å². The number of carboxylic acid groups (broad SMARTS) is 2. The SMILES string of the molecule is CC(C(=O)O)N(C)C.CC=CC(=O)OCCN(C)C.CCC(=O)O. The monoisotopic (exact) mass is 348 g/mol. The number of ether oxygens (including phenoxy) is 1. The highest BCUT2D eigenvalue weighted by Crippen LogP contribution is 1.88. The first-order valence-corrected chi connectivity index (χ1v) is 7.54. The van der Waals surface area contributed by atoms with E-state index in [1.165, 1.54) is 6.08 Å². The molecule has 0 spiro atoms. The van der Waals surface area contributed by atoms with Crippen LogP contribution < -0.4 is 0 Å². The van der Waals surface area contributed by atoms with Crippen molar-refractivity contribution < 1.29 is 29.3 Å². The normalized spacial score (nSPS) is 11.2. The molecule has 142 valence electrons. The van der Waals surface area contributed by atoms with Gasteiger partial charge in [0.25, 0.3) is 0 Å². The van der Waals surface area contributed by atoms with Gasteiger partial charge >= 0.3 is 17.9 Å². The molecule has 0 saturated carbocycles. The maximum Gasteiger partial charge on any atom is 0.330 e. The third-order valence-electron chi connectivity index (χ3n) is 2.52. The minimum absolute atomic E-state index is 0.222.